The zero-order chi connectivity index (χ0) is 12.4. The summed E-state index contributed by atoms with van der Waals surface area (Å²) in [6, 6.07) is 13.6. The van der Waals surface area contributed by atoms with Crippen LogP contribution in [-0.4, -0.2) is 5.78 Å². The van der Waals surface area contributed by atoms with Crippen LogP contribution in [0, 0.1) is 6.92 Å². The second-order valence-electron chi connectivity index (χ2n) is 4.21. The van der Waals surface area contributed by atoms with Crippen molar-refractivity contribution < 1.29 is 4.79 Å². The molecule has 0 amide bonds. The number of anilines is 1. The minimum absolute atomic E-state index is 0. The molecule has 0 aromatic heterocycles. The van der Waals surface area contributed by atoms with E-state index in [-0.39, 0.29) is 13.2 Å². The Morgan fingerprint density at radius 1 is 1.00 bits per heavy atom. The van der Waals surface area contributed by atoms with Gasteiger partial charge in [0, 0.05) is 11.3 Å². The van der Waals surface area contributed by atoms with Crippen molar-refractivity contribution in [2.45, 2.75) is 21.3 Å². The number of Topliss-reactive ketones (excluding diaryl/α,β-unsaturated/α-hetero) is 1. The van der Waals surface area contributed by atoms with Gasteiger partial charge in [-0.15, -0.1) is 0 Å². The van der Waals surface area contributed by atoms with Crippen molar-refractivity contribution in [1.29, 1.82) is 0 Å². The molecule has 0 radical (unpaired) electrons. The molecule has 18 heavy (non-hydrogen) atoms. The molecule has 94 valence electrons. The fourth-order valence-corrected chi connectivity index (χ4v) is 1.91. The van der Waals surface area contributed by atoms with Gasteiger partial charge in [0.1, 0.15) is 0 Å². The van der Waals surface area contributed by atoms with Crippen LogP contribution in [0.5, 0.6) is 0 Å². The van der Waals surface area contributed by atoms with Crippen LogP contribution in [0.25, 0.3) is 11.1 Å². The van der Waals surface area contributed by atoms with Crippen molar-refractivity contribution >= 4 is 11.5 Å². The minimum Gasteiger partial charge on any atom is -0.399 e. The summed E-state index contributed by atoms with van der Waals surface area (Å²) in [7, 11) is 0. The Bertz CT molecular complexity index is 556. The normalized spacial score (nSPS) is 9.67. The van der Waals surface area contributed by atoms with Crippen LogP contribution >= 0.6 is 0 Å². The molecular formula is C16H19NO. The number of nitrogen functional groups attached to an aromatic ring is 1. The Labute approximate surface area is 108 Å². The number of hydrogen-bond donors (Lipinski definition) is 1. The van der Waals surface area contributed by atoms with Gasteiger partial charge in [0.05, 0.1) is 0 Å². The van der Waals surface area contributed by atoms with Crippen molar-refractivity contribution in [2.75, 3.05) is 5.73 Å². The number of carbonyl (C=O) groups is 1. The molecule has 0 saturated heterocycles. The summed E-state index contributed by atoms with van der Waals surface area (Å²) in [4.78, 5) is 11.3. The first-order valence-corrected chi connectivity index (χ1v) is 5.55. The van der Waals surface area contributed by atoms with Crippen LogP contribution in [0.1, 0.15) is 30.3 Å². The van der Waals surface area contributed by atoms with E-state index in [1.165, 1.54) is 0 Å². The summed E-state index contributed by atoms with van der Waals surface area (Å²) in [6.07, 6.45) is 0. The number of rotatable bonds is 2. The first kappa shape index (κ1) is 14.0. The largest absolute Gasteiger partial charge is 0.399 e. The lowest BCUT2D eigenvalue weighted by Crippen LogP contribution is -1.96. The summed E-state index contributed by atoms with van der Waals surface area (Å²) in [5.74, 6) is 0.103. The third kappa shape index (κ3) is 2.77. The molecule has 2 rings (SSSR count). The van der Waals surface area contributed by atoms with Crippen LogP contribution in [0.3, 0.4) is 0 Å². The van der Waals surface area contributed by atoms with Gasteiger partial charge in [-0.25, -0.2) is 0 Å². The van der Waals surface area contributed by atoms with Gasteiger partial charge in [-0.05, 0) is 42.7 Å². The zero-order valence-electron chi connectivity index (χ0n) is 10.0. The van der Waals surface area contributed by atoms with Gasteiger partial charge in [-0.1, -0.05) is 37.8 Å². The molecule has 2 nitrogen and oxygen atoms in total. The number of benzene rings is 2. The van der Waals surface area contributed by atoms with Gasteiger partial charge < -0.3 is 5.73 Å². The van der Waals surface area contributed by atoms with Gasteiger partial charge in [0.2, 0.25) is 0 Å². The van der Waals surface area contributed by atoms with E-state index >= 15 is 0 Å². The first-order valence-electron chi connectivity index (χ1n) is 5.55. The highest BCUT2D eigenvalue weighted by molar-refractivity contribution is 5.96. The van der Waals surface area contributed by atoms with Crippen molar-refractivity contribution in [3.63, 3.8) is 0 Å². The van der Waals surface area contributed by atoms with Gasteiger partial charge >= 0.3 is 0 Å². The van der Waals surface area contributed by atoms with E-state index in [0.29, 0.717) is 0 Å². The number of nitrogens with two attached hydrogens (primary N) is 1. The fraction of sp³-hybridized carbons (Fsp3) is 0.188. The standard InChI is InChI=1S/C15H15NO.CH4/c1-10-9-13(5-8-15(10)11(2)17)12-3-6-14(16)7-4-12;/h3-9H,16H2,1-2H3;1H4. The van der Waals surface area contributed by atoms with Gasteiger partial charge in [0.25, 0.3) is 0 Å². The van der Waals surface area contributed by atoms with Crippen LogP contribution < -0.4 is 5.73 Å². The lowest BCUT2D eigenvalue weighted by molar-refractivity contribution is 0.101. The van der Waals surface area contributed by atoms with E-state index < -0.39 is 0 Å². The first-order chi connectivity index (χ1) is 8.08. The molecule has 0 aliphatic heterocycles. The average molecular weight is 241 g/mol. The van der Waals surface area contributed by atoms with Gasteiger partial charge in [-0.3, -0.25) is 4.79 Å². The van der Waals surface area contributed by atoms with E-state index in [1.54, 1.807) is 6.92 Å². The lowest BCUT2D eigenvalue weighted by Gasteiger charge is -2.06. The van der Waals surface area contributed by atoms with Crippen LogP contribution in [-0.2, 0) is 0 Å². The minimum atomic E-state index is 0. The summed E-state index contributed by atoms with van der Waals surface area (Å²) in [5, 5.41) is 0. The highest BCUT2D eigenvalue weighted by atomic mass is 16.1. The Hall–Kier alpha value is -2.09. The topological polar surface area (TPSA) is 43.1 Å². The molecule has 2 aromatic carbocycles. The highest BCUT2D eigenvalue weighted by Crippen LogP contribution is 2.23. The summed E-state index contributed by atoms with van der Waals surface area (Å²) < 4.78 is 0. The summed E-state index contributed by atoms with van der Waals surface area (Å²) in [5.41, 5.74) is 10.4. The predicted molar refractivity (Wildman–Crippen MR) is 77.8 cm³/mol. The van der Waals surface area contributed by atoms with E-state index in [9.17, 15) is 4.79 Å². The van der Waals surface area contributed by atoms with Crippen molar-refractivity contribution in [1.82, 2.24) is 0 Å². The number of ketones is 1. The SMILES string of the molecule is C.CC(=O)c1ccc(-c2ccc(N)cc2)cc1C. The van der Waals surface area contributed by atoms with Crippen molar-refractivity contribution in [3.05, 3.63) is 53.6 Å². The molecule has 0 heterocycles. The van der Waals surface area contributed by atoms with Crippen molar-refractivity contribution in [2.24, 2.45) is 0 Å². The molecule has 0 atom stereocenters. The third-order valence-corrected chi connectivity index (χ3v) is 2.85. The Morgan fingerprint density at radius 2 is 1.56 bits per heavy atom. The molecule has 0 fully saturated rings. The Balaban J connectivity index is 0.00000162. The lowest BCUT2D eigenvalue weighted by atomic mass is 9.98. The van der Waals surface area contributed by atoms with Gasteiger partial charge in [0.15, 0.2) is 5.78 Å². The van der Waals surface area contributed by atoms with E-state index in [1.807, 2.05) is 49.4 Å². The van der Waals surface area contributed by atoms with Gasteiger partial charge in [-0.2, -0.15) is 0 Å². The van der Waals surface area contributed by atoms with Crippen molar-refractivity contribution in [3.8, 4) is 11.1 Å². The van der Waals surface area contributed by atoms with Crippen LogP contribution in [0.15, 0.2) is 42.5 Å². The number of aryl methyl sites for hydroxylation is 1. The number of carbonyl (C=O) groups excluding carboxylic acids is 1. The zero-order valence-corrected chi connectivity index (χ0v) is 10.0. The van der Waals surface area contributed by atoms with E-state index in [2.05, 4.69) is 0 Å². The molecule has 0 saturated carbocycles. The summed E-state index contributed by atoms with van der Waals surface area (Å²) in [6.45, 7) is 3.54. The predicted octanol–water partition coefficient (Wildman–Crippen LogP) is 4.08. The molecule has 2 aromatic rings. The molecule has 0 spiro atoms. The maximum Gasteiger partial charge on any atom is 0.160 e. The molecule has 2 N–H and O–H groups in total. The second kappa shape index (κ2) is 5.50. The molecule has 0 aliphatic carbocycles. The maximum atomic E-state index is 11.3. The molecular weight excluding hydrogens is 222 g/mol. The smallest absolute Gasteiger partial charge is 0.160 e. The van der Waals surface area contributed by atoms with E-state index in [0.717, 1.165) is 27.9 Å². The van der Waals surface area contributed by atoms with Crippen LogP contribution in [0.4, 0.5) is 5.69 Å². The Kier molecular flexibility index (Phi) is 4.27. The monoisotopic (exact) mass is 241 g/mol. The van der Waals surface area contributed by atoms with Crippen LogP contribution in [0.2, 0.25) is 0 Å². The fourth-order valence-electron chi connectivity index (χ4n) is 1.91. The molecule has 2 heteroatoms. The average Bonchev–Trinajstić information content (AvgIpc) is 2.29. The Morgan fingerprint density at radius 3 is 2.06 bits per heavy atom. The molecule has 0 bridgehead atoms. The summed E-state index contributed by atoms with van der Waals surface area (Å²) >= 11 is 0. The second-order valence-corrected chi connectivity index (χ2v) is 4.21. The quantitative estimate of drug-likeness (QED) is 0.636. The molecule has 0 aliphatic rings. The van der Waals surface area contributed by atoms with E-state index in [4.69, 9.17) is 5.73 Å². The highest BCUT2D eigenvalue weighted by Gasteiger charge is 2.05. The maximum absolute atomic E-state index is 11.3. The number of hydrogen-bond acceptors (Lipinski definition) is 2. The molecule has 0 unspecified atom stereocenters. The third-order valence-electron chi connectivity index (χ3n) is 2.85.